The monoisotopic (exact) mass is 296 g/mol. The summed E-state index contributed by atoms with van der Waals surface area (Å²) in [7, 11) is 0. The van der Waals surface area contributed by atoms with E-state index in [1.165, 1.54) is 25.3 Å². The lowest BCUT2D eigenvalue weighted by molar-refractivity contribution is -0.384. The Labute approximate surface area is 123 Å². The third kappa shape index (κ3) is 3.36. The summed E-state index contributed by atoms with van der Waals surface area (Å²) < 4.78 is 5.67. The number of non-ortho nitro benzene ring substituents is 1. The molecule has 0 unspecified atom stereocenters. The molecule has 1 aromatic rings. The molecule has 1 aliphatic carbocycles. The Balaban J connectivity index is 2.11. The number of nitrogens with one attached hydrogen (secondary N) is 1. The second-order valence-electron chi connectivity index (χ2n) is 5.00. The van der Waals surface area contributed by atoms with Gasteiger partial charge in [-0.05, 0) is 26.0 Å². The van der Waals surface area contributed by atoms with E-state index in [4.69, 9.17) is 4.74 Å². The average Bonchev–Trinajstić information content (AvgIpc) is 2.38. The van der Waals surface area contributed by atoms with E-state index >= 15 is 0 Å². The van der Waals surface area contributed by atoms with Crippen molar-refractivity contribution in [3.63, 3.8) is 0 Å². The molecule has 5 nitrogen and oxygen atoms in total. The highest BCUT2D eigenvalue weighted by molar-refractivity contribution is 8.00. The third-order valence-corrected chi connectivity index (χ3v) is 5.14. The van der Waals surface area contributed by atoms with Crippen LogP contribution in [-0.2, 0) is 0 Å². The predicted octanol–water partition coefficient (Wildman–Crippen LogP) is 3.69. The van der Waals surface area contributed by atoms with Crippen LogP contribution in [0.3, 0.4) is 0 Å². The van der Waals surface area contributed by atoms with Gasteiger partial charge in [-0.15, -0.1) is 0 Å². The van der Waals surface area contributed by atoms with Crippen molar-refractivity contribution in [2.24, 2.45) is 0 Å². The first-order valence-corrected chi connectivity index (χ1v) is 8.02. The molecule has 1 fully saturated rings. The van der Waals surface area contributed by atoms with Crippen molar-refractivity contribution in [3.8, 4) is 5.75 Å². The van der Waals surface area contributed by atoms with Gasteiger partial charge in [-0.25, -0.2) is 0 Å². The van der Waals surface area contributed by atoms with E-state index in [1.807, 2.05) is 24.8 Å². The van der Waals surface area contributed by atoms with Crippen molar-refractivity contribution < 1.29 is 9.66 Å². The summed E-state index contributed by atoms with van der Waals surface area (Å²) in [6.45, 7) is 3.19. The molecule has 0 heterocycles. The van der Waals surface area contributed by atoms with Crippen LogP contribution in [-0.4, -0.2) is 29.1 Å². The summed E-state index contributed by atoms with van der Waals surface area (Å²) in [5.41, 5.74) is 0.813. The van der Waals surface area contributed by atoms with Crippen molar-refractivity contribution in [3.05, 3.63) is 28.3 Å². The molecule has 0 saturated heterocycles. The van der Waals surface area contributed by atoms with Gasteiger partial charge in [-0.2, -0.15) is 11.8 Å². The lowest BCUT2D eigenvalue weighted by atomic mass is 9.84. The minimum absolute atomic E-state index is 0.0604. The van der Waals surface area contributed by atoms with E-state index in [1.54, 1.807) is 6.07 Å². The molecular formula is C14H20N2O3S. The van der Waals surface area contributed by atoms with Crippen LogP contribution in [0.1, 0.15) is 26.2 Å². The van der Waals surface area contributed by atoms with E-state index in [9.17, 15) is 10.1 Å². The number of nitro groups is 1. The summed E-state index contributed by atoms with van der Waals surface area (Å²) in [6, 6.07) is 4.85. The minimum Gasteiger partial charge on any atom is -0.494 e. The molecule has 0 radical (unpaired) electrons. The molecule has 0 bridgehead atoms. The number of nitrogens with zero attached hydrogens (tertiary/aromatic N) is 1. The highest BCUT2D eigenvalue weighted by atomic mass is 32.2. The first-order valence-electron chi connectivity index (χ1n) is 6.80. The van der Waals surface area contributed by atoms with Gasteiger partial charge in [0.2, 0.25) is 0 Å². The maximum absolute atomic E-state index is 11.0. The van der Waals surface area contributed by atoms with Crippen LogP contribution in [0.2, 0.25) is 0 Å². The van der Waals surface area contributed by atoms with Crippen molar-refractivity contribution in [1.82, 2.24) is 0 Å². The number of anilines is 1. The van der Waals surface area contributed by atoms with Crippen LogP contribution in [0, 0.1) is 10.1 Å². The molecule has 0 aliphatic heterocycles. The minimum atomic E-state index is -0.388. The average molecular weight is 296 g/mol. The van der Waals surface area contributed by atoms with Gasteiger partial charge in [0.1, 0.15) is 5.75 Å². The summed E-state index contributed by atoms with van der Waals surface area (Å²) in [6.07, 6.45) is 5.80. The number of ether oxygens (including phenoxy) is 1. The fraction of sp³-hybridized carbons (Fsp3) is 0.571. The SMILES string of the molecule is CCOc1cc(NCC2(SC)CCC2)cc([N+](=O)[O-])c1. The molecule has 110 valence electrons. The standard InChI is InChI=1S/C14H20N2O3S/c1-3-19-13-8-11(7-12(9-13)16(17)18)15-10-14(20-2)5-4-6-14/h7-9,15H,3-6,10H2,1-2H3. The Morgan fingerprint density at radius 2 is 2.20 bits per heavy atom. The molecule has 1 saturated carbocycles. The molecule has 1 aromatic carbocycles. The summed E-state index contributed by atoms with van der Waals surface area (Å²) in [4.78, 5) is 10.6. The van der Waals surface area contributed by atoms with E-state index in [0.717, 1.165) is 12.2 Å². The van der Waals surface area contributed by atoms with Gasteiger partial charge >= 0.3 is 0 Å². The molecular weight excluding hydrogens is 276 g/mol. The number of rotatable bonds is 7. The summed E-state index contributed by atoms with van der Waals surface area (Å²) >= 11 is 1.88. The van der Waals surface area contributed by atoms with E-state index in [0.29, 0.717) is 12.4 Å². The predicted molar refractivity (Wildman–Crippen MR) is 82.9 cm³/mol. The van der Waals surface area contributed by atoms with Crippen LogP contribution >= 0.6 is 11.8 Å². The Morgan fingerprint density at radius 1 is 1.45 bits per heavy atom. The number of hydrogen-bond donors (Lipinski definition) is 1. The largest absolute Gasteiger partial charge is 0.494 e. The van der Waals surface area contributed by atoms with Crippen molar-refractivity contribution in [2.75, 3.05) is 24.7 Å². The molecule has 20 heavy (non-hydrogen) atoms. The van der Waals surface area contributed by atoms with Gasteiger partial charge in [0.25, 0.3) is 5.69 Å². The van der Waals surface area contributed by atoms with Crippen molar-refractivity contribution in [1.29, 1.82) is 0 Å². The lowest BCUT2D eigenvalue weighted by Gasteiger charge is -2.40. The summed E-state index contributed by atoms with van der Waals surface area (Å²) in [5, 5.41) is 14.3. The fourth-order valence-corrected chi connectivity index (χ4v) is 3.24. The summed E-state index contributed by atoms with van der Waals surface area (Å²) in [5.74, 6) is 0.538. The molecule has 0 aromatic heterocycles. The maximum Gasteiger partial charge on any atom is 0.275 e. The number of nitro benzene ring substituents is 1. The molecule has 2 rings (SSSR count). The van der Waals surface area contributed by atoms with Gasteiger partial charge in [0.15, 0.2) is 0 Å². The van der Waals surface area contributed by atoms with Crippen LogP contribution in [0.15, 0.2) is 18.2 Å². The van der Waals surface area contributed by atoms with Crippen molar-refractivity contribution >= 4 is 23.1 Å². The Hall–Kier alpha value is -1.43. The van der Waals surface area contributed by atoms with E-state index in [2.05, 4.69) is 11.6 Å². The zero-order valence-electron chi connectivity index (χ0n) is 11.8. The quantitative estimate of drug-likeness (QED) is 0.614. The van der Waals surface area contributed by atoms with Crippen molar-refractivity contribution in [2.45, 2.75) is 30.9 Å². The van der Waals surface area contributed by atoms with E-state index < -0.39 is 0 Å². The Morgan fingerprint density at radius 3 is 2.70 bits per heavy atom. The zero-order chi connectivity index (χ0) is 14.6. The first-order chi connectivity index (χ1) is 9.58. The smallest absolute Gasteiger partial charge is 0.275 e. The first kappa shape index (κ1) is 15.0. The molecule has 1 N–H and O–H groups in total. The van der Waals surface area contributed by atoms with Crippen LogP contribution in [0.5, 0.6) is 5.75 Å². The van der Waals surface area contributed by atoms with Crippen LogP contribution in [0.4, 0.5) is 11.4 Å². The second-order valence-corrected chi connectivity index (χ2v) is 6.27. The molecule has 1 aliphatic rings. The highest BCUT2D eigenvalue weighted by Crippen LogP contribution is 2.43. The van der Waals surface area contributed by atoms with Gasteiger partial charge in [0, 0.05) is 29.1 Å². The van der Waals surface area contributed by atoms with Gasteiger partial charge in [-0.3, -0.25) is 10.1 Å². The maximum atomic E-state index is 11.0. The van der Waals surface area contributed by atoms with Crippen LogP contribution < -0.4 is 10.1 Å². The molecule has 6 heteroatoms. The third-order valence-electron chi connectivity index (χ3n) is 3.73. The van der Waals surface area contributed by atoms with Gasteiger partial charge < -0.3 is 10.1 Å². The lowest BCUT2D eigenvalue weighted by Crippen LogP contribution is -2.40. The zero-order valence-corrected chi connectivity index (χ0v) is 12.7. The number of benzene rings is 1. The number of hydrogen-bond acceptors (Lipinski definition) is 5. The highest BCUT2D eigenvalue weighted by Gasteiger charge is 2.35. The van der Waals surface area contributed by atoms with Gasteiger partial charge in [-0.1, -0.05) is 6.42 Å². The normalized spacial score (nSPS) is 16.3. The molecule has 0 amide bonds. The second kappa shape index (κ2) is 6.35. The Bertz CT molecular complexity index is 484. The molecule has 0 atom stereocenters. The Kier molecular flexibility index (Phi) is 4.75. The topological polar surface area (TPSA) is 64.4 Å². The fourth-order valence-electron chi connectivity index (χ4n) is 2.33. The van der Waals surface area contributed by atoms with E-state index in [-0.39, 0.29) is 15.4 Å². The molecule has 0 spiro atoms. The van der Waals surface area contributed by atoms with Gasteiger partial charge in [0.05, 0.1) is 17.6 Å². The number of thioether (sulfide) groups is 1. The van der Waals surface area contributed by atoms with Crippen LogP contribution in [0.25, 0.3) is 0 Å².